The molecule has 2 atom stereocenters. The minimum Gasteiger partial charge on any atom is -0.490 e. The maximum absolute atomic E-state index is 14.7. The molecule has 3 heterocycles. The van der Waals surface area contributed by atoms with E-state index in [0.717, 1.165) is 30.0 Å². The van der Waals surface area contributed by atoms with Crippen molar-refractivity contribution in [1.29, 1.82) is 0 Å². The average Bonchev–Trinajstić information content (AvgIpc) is 3.66. The highest BCUT2D eigenvalue weighted by Crippen LogP contribution is 2.43. The first-order valence-corrected chi connectivity index (χ1v) is 13.6. The number of benzene rings is 2. The van der Waals surface area contributed by atoms with Gasteiger partial charge in [0.25, 0.3) is 0 Å². The second-order valence-corrected chi connectivity index (χ2v) is 10.6. The summed E-state index contributed by atoms with van der Waals surface area (Å²) in [7, 11) is 0. The fourth-order valence-electron chi connectivity index (χ4n) is 5.15. The van der Waals surface area contributed by atoms with Crippen molar-refractivity contribution < 1.29 is 13.5 Å². The Hall–Kier alpha value is -3.23. The molecule has 4 aromatic rings. The molecule has 0 spiro atoms. The summed E-state index contributed by atoms with van der Waals surface area (Å²) in [6.45, 7) is 0. The number of pyridine rings is 1. The molecule has 2 fully saturated rings. The maximum atomic E-state index is 14.7. The van der Waals surface area contributed by atoms with E-state index in [1.54, 1.807) is 24.4 Å². The van der Waals surface area contributed by atoms with E-state index in [4.69, 9.17) is 21.4 Å². The highest BCUT2D eigenvalue weighted by atomic mass is 79.9. The lowest BCUT2D eigenvalue weighted by atomic mass is 10.0. The van der Waals surface area contributed by atoms with Crippen molar-refractivity contribution in [2.75, 3.05) is 4.90 Å². The second kappa shape index (κ2) is 10.3. The Kier molecular flexibility index (Phi) is 6.69. The Labute approximate surface area is 228 Å². The van der Waals surface area contributed by atoms with Crippen molar-refractivity contribution in [3.8, 4) is 17.1 Å². The van der Waals surface area contributed by atoms with Crippen LogP contribution in [0.15, 0.2) is 87.9 Å². The van der Waals surface area contributed by atoms with Gasteiger partial charge in [0.2, 0.25) is 0 Å². The van der Waals surface area contributed by atoms with E-state index >= 15 is 0 Å². The highest BCUT2D eigenvalue weighted by Gasteiger charge is 2.42. The summed E-state index contributed by atoms with van der Waals surface area (Å²) in [4.78, 5) is 6.62. The summed E-state index contributed by atoms with van der Waals surface area (Å²) >= 11 is 9.12. The first-order valence-electron chi connectivity index (χ1n) is 12.4. The largest absolute Gasteiger partial charge is 0.490 e. The van der Waals surface area contributed by atoms with Crippen LogP contribution in [0.2, 0.25) is 0 Å². The number of furan rings is 1. The average molecular weight is 579 g/mol. The smallest absolute Gasteiger partial charge is 0.174 e. The number of thiocarbonyl (C=S) groups is 1. The molecular weight excluding hydrogens is 553 g/mol. The maximum Gasteiger partial charge on any atom is 0.174 e. The van der Waals surface area contributed by atoms with Crippen LogP contribution in [-0.4, -0.2) is 16.2 Å². The van der Waals surface area contributed by atoms with Gasteiger partial charge in [-0.2, -0.15) is 0 Å². The van der Waals surface area contributed by atoms with Crippen LogP contribution < -0.4 is 15.0 Å². The Morgan fingerprint density at radius 2 is 1.84 bits per heavy atom. The molecule has 5 nitrogen and oxygen atoms in total. The van der Waals surface area contributed by atoms with Crippen molar-refractivity contribution in [3.05, 3.63) is 101 Å². The van der Waals surface area contributed by atoms with Crippen molar-refractivity contribution >= 4 is 38.9 Å². The van der Waals surface area contributed by atoms with Crippen LogP contribution in [0.5, 0.6) is 5.75 Å². The number of nitrogens with zero attached hydrogens (tertiary/aromatic N) is 2. The minimum atomic E-state index is -0.355. The quantitative estimate of drug-likeness (QED) is 0.236. The normalized spacial score (nSPS) is 19.8. The molecule has 2 aliphatic rings. The SMILES string of the molecule is Fc1cc(Br)ccc1-c1ccc([C@H]2[C@@H](c3ccccn3)NC(=S)N2c2ccc(OC3CCCC3)cc2)o1. The third kappa shape index (κ3) is 4.88. The Balaban J connectivity index is 1.36. The number of nitrogens with one attached hydrogen (secondary N) is 1. The summed E-state index contributed by atoms with van der Waals surface area (Å²) in [5.74, 6) is 1.62. The lowest BCUT2D eigenvalue weighted by Gasteiger charge is -2.26. The van der Waals surface area contributed by atoms with Gasteiger partial charge in [-0.15, -0.1) is 0 Å². The third-order valence-corrected chi connectivity index (χ3v) is 7.74. The molecule has 2 aromatic heterocycles. The van der Waals surface area contributed by atoms with Gasteiger partial charge in [-0.05, 0) is 105 Å². The van der Waals surface area contributed by atoms with Crippen molar-refractivity contribution in [3.63, 3.8) is 0 Å². The Morgan fingerprint density at radius 3 is 2.57 bits per heavy atom. The fraction of sp³-hybridized carbons (Fsp3) is 0.241. The summed E-state index contributed by atoms with van der Waals surface area (Å²) in [5, 5.41) is 4.00. The van der Waals surface area contributed by atoms with Crippen LogP contribution >= 0.6 is 28.1 Å². The fourth-order valence-corrected chi connectivity index (χ4v) is 5.83. The summed E-state index contributed by atoms with van der Waals surface area (Å²) in [6, 6.07) is 21.9. The molecular formula is C29H25BrFN3O2S. The number of hydrogen-bond donors (Lipinski definition) is 1. The van der Waals surface area contributed by atoms with Crippen LogP contribution in [0, 0.1) is 5.82 Å². The van der Waals surface area contributed by atoms with Gasteiger partial charge < -0.3 is 19.4 Å². The van der Waals surface area contributed by atoms with Gasteiger partial charge in [0.1, 0.15) is 29.1 Å². The molecule has 1 saturated heterocycles. The highest BCUT2D eigenvalue weighted by molar-refractivity contribution is 9.10. The number of ether oxygens (including phenoxy) is 1. The van der Waals surface area contributed by atoms with E-state index in [1.165, 1.54) is 18.9 Å². The van der Waals surface area contributed by atoms with Gasteiger partial charge in [-0.3, -0.25) is 4.98 Å². The molecule has 8 heteroatoms. The molecule has 2 aromatic carbocycles. The van der Waals surface area contributed by atoms with Crippen LogP contribution in [0.3, 0.4) is 0 Å². The predicted octanol–water partition coefficient (Wildman–Crippen LogP) is 7.74. The van der Waals surface area contributed by atoms with Crippen LogP contribution in [0.4, 0.5) is 10.1 Å². The lowest BCUT2D eigenvalue weighted by Crippen LogP contribution is -2.29. The van der Waals surface area contributed by atoms with Crippen molar-refractivity contribution in [2.45, 2.75) is 43.9 Å². The molecule has 0 amide bonds. The van der Waals surface area contributed by atoms with Crippen molar-refractivity contribution in [2.24, 2.45) is 0 Å². The predicted molar refractivity (Wildman–Crippen MR) is 149 cm³/mol. The zero-order valence-electron chi connectivity index (χ0n) is 19.9. The Morgan fingerprint density at radius 1 is 1.03 bits per heavy atom. The van der Waals surface area contributed by atoms with Crippen LogP contribution in [0.1, 0.15) is 49.2 Å². The molecule has 1 aliphatic heterocycles. The molecule has 37 heavy (non-hydrogen) atoms. The van der Waals surface area contributed by atoms with Gasteiger partial charge in [0, 0.05) is 16.4 Å². The van der Waals surface area contributed by atoms with E-state index in [-0.39, 0.29) is 17.9 Å². The zero-order valence-corrected chi connectivity index (χ0v) is 22.3. The molecule has 1 aliphatic carbocycles. The van der Waals surface area contributed by atoms with Gasteiger partial charge in [0.15, 0.2) is 5.11 Å². The summed E-state index contributed by atoms with van der Waals surface area (Å²) < 4.78 is 27.8. The number of rotatable bonds is 6. The number of anilines is 1. The topological polar surface area (TPSA) is 50.5 Å². The zero-order chi connectivity index (χ0) is 25.4. The monoisotopic (exact) mass is 577 g/mol. The van der Waals surface area contributed by atoms with E-state index in [1.807, 2.05) is 53.4 Å². The summed E-state index contributed by atoms with van der Waals surface area (Å²) in [6.07, 6.45) is 6.72. The minimum absolute atomic E-state index is 0.253. The number of aromatic nitrogens is 1. The van der Waals surface area contributed by atoms with Crippen LogP contribution in [0.25, 0.3) is 11.3 Å². The standard InChI is InChI=1S/C29H25BrFN3O2S/c30-18-8-13-22(23(31)17-18)25-14-15-26(36-25)28-27(24-7-3-4-16-32-24)33-29(37)34(28)19-9-11-21(12-10-19)35-20-5-1-2-6-20/h3-4,7-17,20,27-28H,1-2,5-6H2,(H,33,37)/t27-,28+/m1/s1. The first kappa shape index (κ1) is 24.1. The number of hydrogen-bond acceptors (Lipinski definition) is 4. The van der Waals surface area contributed by atoms with Gasteiger partial charge in [0.05, 0.1) is 23.4 Å². The van der Waals surface area contributed by atoms with Crippen molar-refractivity contribution in [1.82, 2.24) is 10.3 Å². The van der Waals surface area contributed by atoms with E-state index in [9.17, 15) is 4.39 Å². The molecule has 0 radical (unpaired) electrons. The van der Waals surface area contributed by atoms with Gasteiger partial charge in [-0.25, -0.2) is 4.39 Å². The molecule has 188 valence electrons. The molecule has 0 unspecified atom stereocenters. The molecule has 1 saturated carbocycles. The van der Waals surface area contributed by atoms with Gasteiger partial charge in [-0.1, -0.05) is 22.0 Å². The van der Waals surface area contributed by atoms with E-state index in [0.29, 0.717) is 32.8 Å². The molecule has 1 N–H and O–H groups in total. The van der Waals surface area contributed by atoms with Gasteiger partial charge >= 0.3 is 0 Å². The second-order valence-electron chi connectivity index (χ2n) is 9.34. The first-order chi connectivity index (χ1) is 18.1. The summed E-state index contributed by atoms with van der Waals surface area (Å²) in [5.41, 5.74) is 2.15. The third-order valence-electron chi connectivity index (χ3n) is 6.93. The van der Waals surface area contributed by atoms with E-state index in [2.05, 4.69) is 26.2 Å². The Bertz CT molecular complexity index is 1410. The lowest BCUT2D eigenvalue weighted by molar-refractivity contribution is 0.210. The molecule has 0 bridgehead atoms. The van der Waals surface area contributed by atoms with Crippen LogP contribution in [-0.2, 0) is 0 Å². The molecule has 6 rings (SSSR count). The van der Waals surface area contributed by atoms with E-state index < -0.39 is 0 Å². The number of halogens is 2.